The van der Waals surface area contributed by atoms with E-state index in [0.717, 1.165) is 10.5 Å². The summed E-state index contributed by atoms with van der Waals surface area (Å²) in [6, 6.07) is 8.96. The summed E-state index contributed by atoms with van der Waals surface area (Å²) >= 11 is 0. The molecule has 2 rings (SSSR count). The molecule has 0 radical (unpaired) electrons. The molecule has 1 saturated heterocycles. The van der Waals surface area contributed by atoms with E-state index >= 15 is 0 Å². The van der Waals surface area contributed by atoms with Crippen LogP contribution in [0.1, 0.15) is 39.4 Å². The molecule has 0 spiro atoms. The molecule has 1 aliphatic heterocycles. The van der Waals surface area contributed by atoms with Gasteiger partial charge in [-0.25, -0.2) is 9.69 Å². The van der Waals surface area contributed by atoms with Crippen molar-refractivity contribution in [2.75, 3.05) is 0 Å². The summed E-state index contributed by atoms with van der Waals surface area (Å²) in [5, 5.41) is 10.1. The van der Waals surface area contributed by atoms with Gasteiger partial charge in [-0.2, -0.15) is 0 Å². The molecule has 5 nitrogen and oxygen atoms in total. The van der Waals surface area contributed by atoms with Crippen LogP contribution >= 0.6 is 0 Å². The number of hydrogen-bond donors (Lipinski definition) is 1. The third-order valence-electron chi connectivity index (χ3n) is 4.22. The van der Waals surface area contributed by atoms with E-state index in [4.69, 9.17) is 4.74 Å². The van der Waals surface area contributed by atoms with Gasteiger partial charge < -0.3 is 9.84 Å². The third-order valence-corrected chi connectivity index (χ3v) is 4.22. The Bertz CT molecular complexity index is 543. The van der Waals surface area contributed by atoms with Crippen molar-refractivity contribution in [2.24, 2.45) is 11.8 Å². The first-order chi connectivity index (χ1) is 10.3. The van der Waals surface area contributed by atoms with Gasteiger partial charge in [-0.15, -0.1) is 0 Å². The molecule has 4 atom stereocenters. The van der Waals surface area contributed by atoms with Gasteiger partial charge in [0.15, 0.2) is 0 Å². The molecule has 1 aromatic rings. The highest BCUT2D eigenvalue weighted by atomic mass is 16.6. The minimum atomic E-state index is -0.789. The van der Waals surface area contributed by atoms with Crippen LogP contribution < -0.4 is 0 Å². The van der Waals surface area contributed by atoms with Gasteiger partial charge >= 0.3 is 6.09 Å². The van der Waals surface area contributed by atoms with Crippen LogP contribution in [0.5, 0.6) is 0 Å². The molecule has 0 saturated carbocycles. The number of rotatable bonds is 4. The molecule has 1 N–H and O–H groups in total. The van der Waals surface area contributed by atoms with Gasteiger partial charge in [0.25, 0.3) is 0 Å². The van der Waals surface area contributed by atoms with Crippen LogP contribution in [-0.4, -0.2) is 34.2 Å². The van der Waals surface area contributed by atoms with Crippen molar-refractivity contribution in [2.45, 2.75) is 45.9 Å². The van der Waals surface area contributed by atoms with E-state index in [0.29, 0.717) is 0 Å². The monoisotopic (exact) mass is 305 g/mol. The molecule has 22 heavy (non-hydrogen) atoms. The van der Waals surface area contributed by atoms with Gasteiger partial charge in [-0.3, -0.25) is 4.79 Å². The highest BCUT2D eigenvalue weighted by Crippen LogP contribution is 2.33. The molecule has 5 heteroatoms. The summed E-state index contributed by atoms with van der Waals surface area (Å²) in [7, 11) is 0. The van der Waals surface area contributed by atoms with Gasteiger partial charge in [0.1, 0.15) is 6.10 Å². The lowest BCUT2D eigenvalue weighted by atomic mass is 9.93. The Hall–Kier alpha value is -1.88. The number of imide groups is 1. The highest BCUT2D eigenvalue weighted by Gasteiger charge is 2.45. The molecular formula is C17H23NO4. The minimum absolute atomic E-state index is 0.0576. The predicted octanol–water partition coefficient (Wildman–Crippen LogP) is 2.75. The molecular weight excluding hydrogens is 282 g/mol. The molecule has 0 unspecified atom stereocenters. The van der Waals surface area contributed by atoms with Crippen molar-refractivity contribution in [3.8, 4) is 0 Å². The Balaban J connectivity index is 2.19. The maximum atomic E-state index is 12.6. The maximum Gasteiger partial charge on any atom is 0.417 e. The zero-order valence-corrected chi connectivity index (χ0v) is 13.4. The fourth-order valence-electron chi connectivity index (χ4n) is 2.79. The first-order valence-electron chi connectivity index (χ1n) is 7.61. The van der Waals surface area contributed by atoms with Crippen LogP contribution in [-0.2, 0) is 9.53 Å². The van der Waals surface area contributed by atoms with E-state index in [1.807, 2.05) is 44.2 Å². The minimum Gasteiger partial charge on any atom is -0.439 e. The van der Waals surface area contributed by atoms with Crippen LogP contribution in [0.4, 0.5) is 4.79 Å². The average Bonchev–Trinajstić information content (AvgIpc) is 2.80. The maximum absolute atomic E-state index is 12.6. The van der Waals surface area contributed by atoms with Crippen molar-refractivity contribution < 1.29 is 19.4 Å². The second kappa shape index (κ2) is 6.48. The molecule has 0 aromatic heterocycles. The number of nitrogens with zero attached hydrogens (tertiary/aromatic N) is 1. The van der Waals surface area contributed by atoms with Crippen molar-refractivity contribution in [3.63, 3.8) is 0 Å². The van der Waals surface area contributed by atoms with Crippen LogP contribution in [0.3, 0.4) is 0 Å². The van der Waals surface area contributed by atoms with E-state index in [2.05, 4.69) is 0 Å². The molecule has 0 bridgehead atoms. The van der Waals surface area contributed by atoms with Crippen LogP contribution in [0, 0.1) is 11.8 Å². The van der Waals surface area contributed by atoms with Crippen molar-refractivity contribution in [3.05, 3.63) is 35.9 Å². The van der Waals surface area contributed by atoms with Crippen LogP contribution in [0.15, 0.2) is 30.3 Å². The SMILES string of the molecule is CC(C)[C@@H](O)[C@@H](C)C(=O)N1C(=O)O[C@H](c2ccccc2)[C@@H]1C. The average molecular weight is 305 g/mol. The van der Waals surface area contributed by atoms with E-state index in [1.54, 1.807) is 13.8 Å². The van der Waals surface area contributed by atoms with Crippen molar-refractivity contribution >= 4 is 12.0 Å². The first-order valence-corrected chi connectivity index (χ1v) is 7.61. The zero-order valence-electron chi connectivity index (χ0n) is 13.4. The Morgan fingerprint density at radius 3 is 2.36 bits per heavy atom. The quantitative estimate of drug-likeness (QED) is 0.929. The van der Waals surface area contributed by atoms with Gasteiger partial charge in [0, 0.05) is 0 Å². The number of ether oxygens (including phenoxy) is 1. The highest BCUT2D eigenvalue weighted by molar-refractivity contribution is 5.95. The predicted molar refractivity (Wildman–Crippen MR) is 82.0 cm³/mol. The number of hydrogen-bond acceptors (Lipinski definition) is 4. The summed E-state index contributed by atoms with van der Waals surface area (Å²) in [5.74, 6) is -1.10. The Morgan fingerprint density at radius 1 is 1.23 bits per heavy atom. The fraction of sp³-hybridized carbons (Fsp3) is 0.529. The number of cyclic esters (lactones) is 1. The standard InChI is InChI=1S/C17H23NO4/c1-10(2)14(19)11(3)16(20)18-12(4)15(22-17(18)21)13-8-6-5-7-9-13/h5-12,14-15,19H,1-4H3/t11-,12+,14-,15+/m1/s1. The lowest BCUT2D eigenvalue weighted by Gasteiger charge is -2.26. The molecule has 1 fully saturated rings. The molecule has 1 aliphatic rings. The lowest BCUT2D eigenvalue weighted by Crippen LogP contribution is -2.45. The summed E-state index contributed by atoms with van der Waals surface area (Å²) in [6.07, 6.45) is -1.90. The second-order valence-corrected chi connectivity index (χ2v) is 6.19. The number of amides is 2. The number of benzene rings is 1. The summed E-state index contributed by atoms with van der Waals surface area (Å²) in [6.45, 7) is 7.11. The van der Waals surface area contributed by atoms with Gasteiger partial charge in [-0.1, -0.05) is 51.1 Å². The zero-order chi connectivity index (χ0) is 16.4. The largest absolute Gasteiger partial charge is 0.439 e. The van der Waals surface area contributed by atoms with Gasteiger partial charge in [-0.05, 0) is 18.4 Å². The summed E-state index contributed by atoms with van der Waals surface area (Å²) in [5.41, 5.74) is 0.857. The fourth-order valence-corrected chi connectivity index (χ4v) is 2.79. The van der Waals surface area contributed by atoms with E-state index in [1.165, 1.54) is 0 Å². The molecule has 1 aromatic carbocycles. The number of aliphatic hydroxyl groups excluding tert-OH is 1. The lowest BCUT2D eigenvalue weighted by molar-refractivity contribution is -0.137. The second-order valence-electron chi connectivity index (χ2n) is 6.19. The first kappa shape index (κ1) is 16.5. The molecule has 1 heterocycles. The van der Waals surface area contributed by atoms with Crippen molar-refractivity contribution in [1.82, 2.24) is 4.90 Å². The Kier molecular flexibility index (Phi) is 4.86. The third kappa shape index (κ3) is 2.99. The van der Waals surface area contributed by atoms with Crippen LogP contribution in [0.25, 0.3) is 0 Å². The van der Waals surface area contributed by atoms with E-state index in [-0.39, 0.29) is 5.92 Å². The number of aliphatic hydroxyl groups is 1. The number of carbonyl (C=O) groups is 2. The number of carbonyl (C=O) groups excluding carboxylic acids is 2. The molecule has 2 amide bonds. The van der Waals surface area contributed by atoms with Crippen LogP contribution in [0.2, 0.25) is 0 Å². The molecule has 120 valence electrons. The van der Waals surface area contributed by atoms with Gasteiger partial charge in [0.2, 0.25) is 5.91 Å². The van der Waals surface area contributed by atoms with Gasteiger partial charge in [0.05, 0.1) is 18.1 Å². The van der Waals surface area contributed by atoms with E-state index < -0.39 is 36.2 Å². The smallest absolute Gasteiger partial charge is 0.417 e. The summed E-state index contributed by atoms with van der Waals surface area (Å²) in [4.78, 5) is 25.8. The topological polar surface area (TPSA) is 66.8 Å². The normalized spacial score (nSPS) is 24.3. The Morgan fingerprint density at radius 2 is 1.82 bits per heavy atom. The summed E-state index contributed by atoms with van der Waals surface area (Å²) < 4.78 is 5.37. The van der Waals surface area contributed by atoms with Crippen molar-refractivity contribution in [1.29, 1.82) is 0 Å². The Labute approximate surface area is 130 Å². The molecule has 0 aliphatic carbocycles. The van der Waals surface area contributed by atoms with E-state index in [9.17, 15) is 14.7 Å².